The van der Waals surface area contributed by atoms with Crippen molar-refractivity contribution in [3.8, 4) is 5.75 Å². The van der Waals surface area contributed by atoms with Crippen LogP contribution in [0.3, 0.4) is 0 Å². The second-order valence-electron chi connectivity index (χ2n) is 6.41. The third kappa shape index (κ3) is 3.91. The number of carbonyl (C=O) groups is 1. The molecule has 146 valence electrons. The van der Waals surface area contributed by atoms with Crippen molar-refractivity contribution >= 4 is 16.0 Å². The first-order valence-electron chi connectivity index (χ1n) is 8.14. The van der Waals surface area contributed by atoms with Crippen LogP contribution in [-0.4, -0.2) is 67.7 Å². The van der Waals surface area contributed by atoms with E-state index >= 15 is 0 Å². The maximum Gasteiger partial charge on any atom is 0.325 e. The van der Waals surface area contributed by atoms with Gasteiger partial charge in [-0.05, 0) is 44.0 Å². The van der Waals surface area contributed by atoms with Gasteiger partial charge in [0.1, 0.15) is 5.75 Å². The minimum atomic E-state index is -4.10. The summed E-state index contributed by atoms with van der Waals surface area (Å²) in [5.74, 6) is -0.658. The highest BCUT2D eigenvalue weighted by Crippen LogP contribution is 2.32. The van der Waals surface area contributed by atoms with Gasteiger partial charge in [0.15, 0.2) is 12.6 Å². The quantitative estimate of drug-likeness (QED) is 0.598. The molecule has 0 radical (unpaired) electrons. The molecular formula is C15H19N5O6S. The third-order valence-electron chi connectivity index (χ3n) is 4.36. The molecule has 1 saturated heterocycles. The van der Waals surface area contributed by atoms with Gasteiger partial charge in [-0.25, -0.2) is 8.42 Å². The van der Waals surface area contributed by atoms with E-state index < -0.39 is 27.6 Å². The van der Waals surface area contributed by atoms with Gasteiger partial charge in [-0.15, -0.1) is 10.2 Å². The van der Waals surface area contributed by atoms with Crippen LogP contribution in [0.1, 0.15) is 25.6 Å². The minimum absolute atomic E-state index is 0.0194. The molecule has 2 heterocycles. The summed E-state index contributed by atoms with van der Waals surface area (Å²) >= 11 is 0. The molecule has 0 spiro atoms. The molecule has 0 amide bonds. The van der Waals surface area contributed by atoms with Gasteiger partial charge in [-0.1, -0.05) is 5.21 Å². The fourth-order valence-corrected chi connectivity index (χ4v) is 4.77. The van der Waals surface area contributed by atoms with E-state index in [4.69, 9.17) is 4.74 Å². The number of nitrogens with zero attached hydrogens (tertiary/aromatic N) is 4. The number of piperidine rings is 1. The topological polar surface area (TPSA) is 159 Å². The first-order chi connectivity index (χ1) is 12.7. The molecule has 0 unspecified atom stereocenters. The molecule has 1 aromatic heterocycles. The van der Waals surface area contributed by atoms with Crippen LogP contribution >= 0.6 is 0 Å². The Balaban J connectivity index is 1.80. The third-order valence-corrected chi connectivity index (χ3v) is 6.24. The molecule has 11 nitrogen and oxygen atoms in total. The van der Waals surface area contributed by atoms with E-state index in [1.165, 1.54) is 31.2 Å². The molecule has 1 aromatic carbocycles. The Kier molecular flexibility index (Phi) is 5.13. The Labute approximate surface area is 155 Å². The van der Waals surface area contributed by atoms with Crippen molar-refractivity contribution in [3.63, 3.8) is 0 Å². The SMILES string of the molecule is C[C@]1(O)CCCN(S(=O)(=O)c2ccc(OCc3nn[nH]n3)cc2)[C@H]1C(=O)O. The maximum absolute atomic E-state index is 12.9. The summed E-state index contributed by atoms with van der Waals surface area (Å²) in [4.78, 5) is 11.5. The van der Waals surface area contributed by atoms with Gasteiger partial charge in [0.05, 0.1) is 10.5 Å². The average Bonchev–Trinajstić information content (AvgIpc) is 3.12. The van der Waals surface area contributed by atoms with Crippen molar-refractivity contribution in [3.05, 3.63) is 30.1 Å². The van der Waals surface area contributed by atoms with Crippen LogP contribution in [-0.2, 0) is 21.4 Å². The lowest BCUT2D eigenvalue weighted by molar-refractivity contribution is -0.153. The van der Waals surface area contributed by atoms with E-state index in [-0.39, 0.29) is 24.5 Å². The van der Waals surface area contributed by atoms with Crippen molar-refractivity contribution < 1.29 is 28.2 Å². The molecule has 0 saturated carbocycles. The molecule has 0 bridgehead atoms. The van der Waals surface area contributed by atoms with Crippen LogP contribution in [0.4, 0.5) is 0 Å². The van der Waals surface area contributed by atoms with E-state index in [0.717, 1.165) is 4.31 Å². The number of aliphatic hydroxyl groups is 1. The van der Waals surface area contributed by atoms with Crippen molar-refractivity contribution in [2.24, 2.45) is 0 Å². The highest BCUT2D eigenvalue weighted by Gasteiger charge is 2.49. The standard InChI is InChI=1S/C15H19N5O6S/c1-15(23)7-2-8-20(13(15)14(21)22)27(24,25)11-5-3-10(4-6-11)26-9-12-16-18-19-17-12/h3-6,13,23H,2,7-9H2,1H3,(H,21,22)(H,16,17,18,19)/t13-,15-/m0/s1. The monoisotopic (exact) mass is 397 g/mol. The molecular weight excluding hydrogens is 378 g/mol. The second-order valence-corrected chi connectivity index (χ2v) is 8.30. The van der Waals surface area contributed by atoms with Crippen LogP contribution in [0.15, 0.2) is 29.2 Å². The number of tetrazole rings is 1. The van der Waals surface area contributed by atoms with Gasteiger partial charge in [0.25, 0.3) is 0 Å². The van der Waals surface area contributed by atoms with Crippen LogP contribution in [0.25, 0.3) is 0 Å². The number of carboxylic acid groups (broad SMARTS) is 1. The number of carboxylic acids is 1. The van der Waals surface area contributed by atoms with Crippen LogP contribution in [0.5, 0.6) is 5.75 Å². The maximum atomic E-state index is 12.9. The summed E-state index contributed by atoms with van der Waals surface area (Å²) < 4.78 is 32.1. The number of H-pyrrole nitrogens is 1. The second kappa shape index (κ2) is 7.21. The van der Waals surface area contributed by atoms with Gasteiger partial charge in [-0.3, -0.25) is 4.79 Å². The number of aliphatic carboxylic acids is 1. The lowest BCUT2D eigenvalue weighted by atomic mass is 9.88. The van der Waals surface area contributed by atoms with Gasteiger partial charge in [-0.2, -0.15) is 9.52 Å². The average molecular weight is 397 g/mol. The molecule has 3 N–H and O–H groups in total. The fourth-order valence-electron chi connectivity index (χ4n) is 3.05. The Hall–Kier alpha value is -2.57. The molecule has 2 aromatic rings. The van der Waals surface area contributed by atoms with Gasteiger partial charge >= 0.3 is 5.97 Å². The predicted molar refractivity (Wildman–Crippen MR) is 90.1 cm³/mol. The van der Waals surface area contributed by atoms with E-state index in [1.54, 1.807) is 0 Å². The lowest BCUT2D eigenvalue weighted by Crippen LogP contribution is -2.60. The Morgan fingerprint density at radius 2 is 2.11 bits per heavy atom. The van der Waals surface area contributed by atoms with E-state index in [9.17, 15) is 23.4 Å². The lowest BCUT2D eigenvalue weighted by Gasteiger charge is -2.41. The summed E-state index contributed by atoms with van der Waals surface area (Å²) in [7, 11) is -4.10. The number of ether oxygens (including phenoxy) is 1. The van der Waals surface area contributed by atoms with Crippen molar-refractivity contribution in [2.45, 2.75) is 42.9 Å². The summed E-state index contributed by atoms with van der Waals surface area (Å²) in [6.45, 7) is 1.41. The van der Waals surface area contributed by atoms with E-state index in [2.05, 4.69) is 20.6 Å². The smallest absolute Gasteiger partial charge is 0.325 e. The summed E-state index contributed by atoms with van der Waals surface area (Å²) in [6, 6.07) is 3.99. The molecule has 0 aliphatic carbocycles. The molecule has 1 aliphatic heterocycles. The number of sulfonamides is 1. The Bertz CT molecular complexity index is 897. The van der Waals surface area contributed by atoms with Crippen LogP contribution in [0, 0.1) is 0 Å². The Morgan fingerprint density at radius 3 is 2.70 bits per heavy atom. The highest BCUT2D eigenvalue weighted by atomic mass is 32.2. The first-order valence-corrected chi connectivity index (χ1v) is 9.58. The zero-order valence-corrected chi connectivity index (χ0v) is 15.3. The Morgan fingerprint density at radius 1 is 1.41 bits per heavy atom. The zero-order valence-electron chi connectivity index (χ0n) is 14.4. The van der Waals surface area contributed by atoms with Crippen molar-refractivity contribution in [2.75, 3.05) is 6.54 Å². The largest absolute Gasteiger partial charge is 0.485 e. The van der Waals surface area contributed by atoms with Gasteiger partial charge in [0, 0.05) is 6.54 Å². The number of aromatic nitrogens is 4. The number of hydrogen-bond acceptors (Lipinski definition) is 8. The molecule has 2 atom stereocenters. The van der Waals surface area contributed by atoms with Crippen molar-refractivity contribution in [1.29, 1.82) is 0 Å². The normalized spacial score (nSPS) is 23.9. The fraction of sp³-hybridized carbons (Fsp3) is 0.467. The number of aromatic amines is 1. The van der Waals surface area contributed by atoms with Crippen molar-refractivity contribution in [1.82, 2.24) is 24.9 Å². The number of nitrogens with one attached hydrogen (secondary N) is 1. The first kappa shape index (κ1) is 19.2. The molecule has 1 fully saturated rings. The van der Waals surface area contributed by atoms with Gasteiger partial charge in [0.2, 0.25) is 15.8 Å². The predicted octanol–water partition coefficient (Wildman–Crippen LogP) is -0.233. The highest BCUT2D eigenvalue weighted by molar-refractivity contribution is 7.89. The molecule has 1 aliphatic rings. The number of benzene rings is 1. The van der Waals surface area contributed by atoms with Gasteiger partial charge < -0.3 is 14.9 Å². The van der Waals surface area contributed by atoms with Crippen LogP contribution in [0.2, 0.25) is 0 Å². The summed E-state index contributed by atoms with van der Waals surface area (Å²) in [5, 5.41) is 33.0. The minimum Gasteiger partial charge on any atom is -0.485 e. The number of hydrogen-bond donors (Lipinski definition) is 3. The molecule has 3 rings (SSSR count). The van der Waals surface area contributed by atoms with E-state index in [0.29, 0.717) is 18.0 Å². The van der Waals surface area contributed by atoms with Crippen LogP contribution < -0.4 is 4.74 Å². The molecule has 27 heavy (non-hydrogen) atoms. The number of rotatable bonds is 6. The zero-order chi connectivity index (χ0) is 19.7. The van der Waals surface area contributed by atoms with E-state index in [1.807, 2.05) is 0 Å². The summed E-state index contributed by atoms with van der Waals surface area (Å²) in [5.41, 5.74) is -1.65. The molecule has 12 heteroatoms. The summed E-state index contributed by atoms with van der Waals surface area (Å²) in [6.07, 6.45) is 0.570.